The predicted octanol–water partition coefficient (Wildman–Crippen LogP) is 3.95. The van der Waals surface area contributed by atoms with Crippen LogP contribution in [0.1, 0.15) is 34.5 Å². The molecule has 1 fully saturated rings. The zero-order valence-electron chi connectivity index (χ0n) is 14.6. The minimum Gasteiger partial charge on any atom is -0.497 e. The van der Waals surface area contributed by atoms with Gasteiger partial charge in [-0.15, -0.1) is 0 Å². The molecule has 0 bridgehead atoms. The number of carbonyl (C=O) groups is 1. The van der Waals surface area contributed by atoms with Crippen molar-refractivity contribution in [1.29, 1.82) is 0 Å². The Bertz CT molecular complexity index is 938. The molecule has 4 heteroatoms. The first-order chi connectivity index (χ1) is 12.1. The molecule has 1 saturated carbocycles. The van der Waals surface area contributed by atoms with Gasteiger partial charge < -0.3 is 15.0 Å². The van der Waals surface area contributed by atoms with Crippen LogP contribution in [0.3, 0.4) is 0 Å². The van der Waals surface area contributed by atoms with E-state index < -0.39 is 0 Å². The molecule has 3 aromatic rings. The highest BCUT2D eigenvalue weighted by Crippen LogP contribution is 2.51. The molecule has 0 aliphatic heterocycles. The second-order valence-electron chi connectivity index (χ2n) is 6.87. The van der Waals surface area contributed by atoms with Gasteiger partial charge in [0.2, 0.25) is 0 Å². The van der Waals surface area contributed by atoms with Crippen molar-refractivity contribution < 1.29 is 9.53 Å². The molecule has 1 amide bonds. The molecule has 0 saturated heterocycles. The van der Waals surface area contributed by atoms with Gasteiger partial charge in [-0.1, -0.05) is 24.3 Å². The number of carbonyl (C=O) groups excluding carboxylic acids is 1. The van der Waals surface area contributed by atoms with Crippen LogP contribution in [0.5, 0.6) is 5.75 Å². The normalized spacial score (nSPS) is 15.1. The molecule has 4 rings (SSSR count). The van der Waals surface area contributed by atoms with Crippen molar-refractivity contribution in [3.8, 4) is 5.75 Å². The highest BCUT2D eigenvalue weighted by Gasteiger charge is 2.46. The van der Waals surface area contributed by atoms with Gasteiger partial charge in [-0.25, -0.2) is 0 Å². The van der Waals surface area contributed by atoms with Crippen LogP contribution in [0.15, 0.2) is 48.5 Å². The third kappa shape index (κ3) is 2.78. The van der Waals surface area contributed by atoms with E-state index in [0.29, 0.717) is 17.9 Å². The van der Waals surface area contributed by atoms with Crippen molar-refractivity contribution in [2.24, 2.45) is 0 Å². The number of hydrogen-bond acceptors (Lipinski definition) is 2. The molecule has 0 atom stereocenters. The van der Waals surface area contributed by atoms with Gasteiger partial charge in [-0.2, -0.15) is 0 Å². The summed E-state index contributed by atoms with van der Waals surface area (Å²) < 4.78 is 5.20. The van der Waals surface area contributed by atoms with Gasteiger partial charge in [0, 0.05) is 34.1 Å². The van der Waals surface area contributed by atoms with Crippen molar-refractivity contribution in [2.75, 3.05) is 13.7 Å². The third-order valence-electron chi connectivity index (χ3n) is 5.20. The number of hydrogen-bond donors (Lipinski definition) is 2. The number of methoxy groups -OCH3 is 1. The van der Waals surface area contributed by atoms with E-state index in [4.69, 9.17) is 4.74 Å². The molecule has 1 heterocycles. The average molecular weight is 334 g/mol. The highest BCUT2D eigenvalue weighted by molar-refractivity contribution is 5.95. The van der Waals surface area contributed by atoms with E-state index in [9.17, 15) is 4.79 Å². The van der Waals surface area contributed by atoms with Gasteiger partial charge in [0.05, 0.1) is 7.11 Å². The van der Waals surface area contributed by atoms with E-state index >= 15 is 0 Å². The number of aromatic amines is 1. The van der Waals surface area contributed by atoms with E-state index in [2.05, 4.69) is 35.4 Å². The summed E-state index contributed by atoms with van der Waals surface area (Å²) in [6.07, 6.45) is 2.21. The number of para-hydroxylation sites is 1. The highest BCUT2D eigenvalue weighted by atomic mass is 16.5. The quantitative estimate of drug-likeness (QED) is 0.742. The number of aryl methyl sites for hydroxylation is 1. The lowest BCUT2D eigenvalue weighted by molar-refractivity contribution is 0.0949. The molecule has 1 aliphatic carbocycles. The second-order valence-corrected chi connectivity index (χ2v) is 6.87. The summed E-state index contributed by atoms with van der Waals surface area (Å²) in [6.45, 7) is 2.78. The van der Waals surface area contributed by atoms with Crippen LogP contribution in [0.25, 0.3) is 10.9 Å². The van der Waals surface area contributed by atoms with E-state index in [-0.39, 0.29) is 11.3 Å². The molecule has 1 aliphatic rings. The Morgan fingerprint density at radius 1 is 1.20 bits per heavy atom. The van der Waals surface area contributed by atoms with Crippen molar-refractivity contribution in [1.82, 2.24) is 10.3 Å². The van der Waals surface area contributed by atoms with Crippen LogP contribution in [0.4, 0.5) is 0 Å². The first-order valence-electron chi connectivity index (χ1n) is 8.63. The Balaban J connectivity index is 1.56. The summed E-state index contributed by atoms with van der Waals surface area (Å²) in [4.78, 5) is 16.0. The molecule has 0 spiro atoms. The summed E-state index contributed by atoms with van der Waals surface area (Å²) in [5.74, 6) is 0.643. The number of amides is 1. The van der Waals surface area contributed by atoms with Crippen LogP contribution < -0.4 is 10.1 Å². The smallest absolute Gasteiger partial charge is 0.251 e. The molecule has 128 valence electrons. The number of fused-ring (bicyclic) bond motifs is 1. The van der Waals surface area contributed by atoms with Gasteiger partial charge >= 0.3 is 0 Å². The minimum atomic E-state index is -0.0531. The molecule has 0 radical (unpaired) electrons. The Morgan fingerprint density at radius 2 is 2.00 bits per heavy atom. The van der Waals surface area contributed by atoms with E-state index in [1.165, 1.54) is 22.2 Å². The maximum absolute atomic E-state index is 12.5. The first kappa shape index (κ1) is 15.8. The van der Waals surface area contributed by atoms with Crippen LogP contribution in [-0.4, -0.2) is 24.5 Å². The van der Waals surface area contributed by atoms with Gasteiger partial charge in [0.25, 0.3) is 5.91 Å². The van der Waals surface area contributed by atoms with Crippen molar-refractivity contribution in [2.45, 2.75) is 25.2 Å². The van der Waals surface area contributed by atoms with E-state index in [0.717, 1.165) is 12.8 Å². The lowest BCUT2D eigenvalue weighted by Gasteiger charge is -2.17. The van der Waals surface area contributed by atoms with Crippen molar-refractivity contribution in [3.05, 3.63) is 65.4 Å². The van der Waals surface area contributed by atoms with Gasteiger partial charge in [-0.05, 0) is 49.6 Å². The molecule has 2 aromatic carbocycles. The lowest BCUT2D eigenvalue weighted by atomic mass is 9.93. The van der Waals surface area contributed by atoms with Crippen LogP contribution in [0.2, 0.25) is 0 Å². The maximum atomic E-state index is 12.5. The summed E-state index contributed by atoms with van der Waals surface area (Å²) in [5, 5.41) is 4.40. The minimum absolute atomic E-state index is 0.0531. The molecule has 25 heavy (non-hydrogen) atoms. The Morgan fingerprint density at radius 3 is 2.76 bits per heavy atom. The monoisotopic (exact) mass is 334 g/mol. The zero-order chi connectivity index (χ0) is 17.4. The van der Waals surface area contributed by atoms with Crippen LogP contribution in [-0.2, 0) is 5.41 Å². The Labute approximate surface area is 147 Å². The fourth-order valence-corrected chi connectivity index (χ4v) is 3.74. The first-order valence-corrected chi connectivity index (χ1v) is 8.63. The van der Waals surface area contributed by atoms with Gasteiger partial charge in [0.1, 0.15) is 5.75 Å². The summed E-state index contributed by atoms with van der Waals surface area (Å²) >= 11 is 0. The van der Waals surface area contributed by atoms with Gasteiger partial charge in [0.15, 0.2) is 0 Å². The number of nitrogens with one attached hydrogen (secondary N) is 2. The summed E-state index contributed by atoms with van der Waals surface area (Å²) in [7, 11) is 1.61. The molecule has 2 N–H and O–H groups in total. The predicted molar refractivity (Wildman–Crippen MR) is 99.3 cm³/mol. The topological polar surface area (TPSA) is 54.1 Å². The Kier molecular flexibility index (Phi) is 3.75. The molecule has 1 aromatic heterocycles. The summed E-state index contributed by atoms with van der Waals surface area (Å²) in [6, 6.07) is 15.7. The fraction of sp³-hybridized carbons (Fsp3) is 0.286. The number of H-pyrrole nitrogens is 1. The zero-order valence-corrected chi connectivity index (χ0v) is 14.6. The standard InChI is InChI=1S/C21H22N2O2/c1-14-19(17-8-3-4-9-18(17)23-14)21(10-11-21)13-22-20(24)15-6-5-7-16(12-15)25-2/h3-9,12,23H,10-11,13H2,1-2H3,(H,22,24). The van der Waals surface area contributed by atoms with Crippen molar-refractivity contribution >= 4 is 16.8 Å². The SMILES string of the molecule is COc1cccc(C(=O)NCC2(c3c(C)[nH]c4ccccc34)CC2)c1. The number of aromatic nitrogens is 1. The molecular formula is C21H22N2O2. The second kappa shape index (κ2) is 5.96. The number of rotatable bonds is 5. The van der Waals surface area contributed by atoms with Crippen molar-refractivity contribution in [3.63, 3.8) is 0 Å². The number of benzene rings is 2. The molecular weight excluding hydrogens is 312 g/mol. The number of ether oxygens (including phenoxy) is 1. The van der Waals surface area contributed by atoms with Crippen LogP contribution >= 0.6 is 0 Å². The average Bonchev–Trinajstić information content (AvgIpc) is 3.34. The molecule has 4 nitrogen and oxygen atoms in total. The fourth-order valence-electron chi connectivity index (χ4n) is 3.74. The van der Waals surface area contributed by atoms with Gasteiger partial charge in [-0.3, -0.25) is 4.79 Å². The largest absolute Gasteiger partial charge is 0.497 e. The summed E-state index contributed by atoms with van der Waals surface area (Å²) in [5.41, 5.74) is 4.41. The lowest BCUT2D eigenvalue weighted by Crippen LogP contribution is -2.32. The van der Waals surface area contributed by atoms with Crippen LogP contribution in [0, 0.1) is 6.92 Å². The third-order valence-corrected chi connectivity index (χ3v) is 5.20. The maximum Gasteiger partial charge on any atom is 0.251 e. The molecule has 0 unspecified atom stereocenters. The van der Waals surface area contributed by atoms with E-state index in [1.807, 2.05) is 24.3 Å². The van der Waals surface area contributed by atoms with E-state index in [1.54, 1.807) is 13.2 Å². The Hall–Kier alpha value is -2.75.